The standard InChI is InChI=1S/C44H35N5/c1-43(2)35-21-13-11-19-31(35)33-25-34-32-20-12-14-22-37(32)49(38(34)26-36(33)44(43,3)4)39-24-23-30(27-45-39)42-47-40(28-15-7-5-8-16-28)46-41(48-42)29-17-9-6-10-18-29/h5-27H,1-4H3. The van der Waals surface area contributed by atoms with Crippen LogP contribution in [0.25, 0.3) is 72.9 Å². The van der Waals surface area contributed by atoms with E-state index in [0.29, 0.717) is 17.5 Å². The van der Waals surface area contributed by atoms with Crippen molar-refractivity contribution < 1.29 is 0 Å². The molecule has 0 saturated carbocycles. The van der Waals surface area contributed by atoms with Crippen LogP contribution in [0.2, 0.25) is 0 Å². The fraction of sp³-hybridized carbons (Fsp3) is 0.136. The molecule has 0 unspecified atom stereocenters. The van der Waals surface area contributed by atoms with E-state index >= 15 is 0 Å². The molecule has 0 N–H and O–H groups in total. The zero-order valence-electron chi connectivity index (χ0n) is 28.0. The molecule has 5 nitrogen and oxygen atoms in total. The van der Waals surface area contributed by atoms with Gasteiger partial charge >= 0.3 is 0 Å². The molecule has 5 aromatic carbocycles. The van der Waals surface area contributed by atoms with Crippen LogP contribution in [-0.4, -0.2) is 24.5 Å². The molecule has 0 atom stereocenters. The lowest BCUT2D eigenvalue weighted by Gasteiger charge is -2.48. The van der Waals surface area contributed by atoms with Gasteiger partial charge in [0.15, 0.2) is 17.5 Å². The first-order valence-corrected chi connectivity index (χ1v) is 16.8. The highest BCUT2D eigenvalue weighted by atomic mass is 15.1. The number of nitrogens with zero attached hydrogens (tertiary/aromatic N) is 5. The van der Waals surface area contributed by atoms with Gasteiger partial charge < -0.3 is 0 Å². The summed E-state index contributed by atoms with van der Waals surface area (Å²) in [6, 6.07) is 46.6. The topological polar surface area (TPSA) is 56.5 Å². The molecular weight excluding hydrogens is 599 g/mol. The molecule has 1 aliphatic rings. The fourth-order valence-electron chi connectivity index (χ4n) is 7.53. The van der Waals surface area contributed by atoms with Crippen LogP contribution in [0.1, 0.15) is 38.8 Å². The van der Waals surface area contributed by atoms with Crippen LogP contribution in [0.5, 0.6) is 0 Å². The summed E-state index contributed by atoms with van der Waals surface area (Å²) in [7, 11) is 0. The molecule has 0 aliphatic heterocycles. The number of pyridine rings is 1. The lowest BCUT2D eigenvalue weighted by Crippen LogP contribution is -2.43. The van der Waals surface area contributed by atoms with Crippen molar-refractivity contribution in [1.82, 2.24) is 24.5 Å². The molecule has 8 aromatic rings. The summed E-state index contributed by atoms with van der Waals surface area (Å²) in [4.78, 5) is 19.8. The number of aromatic nitrogens is 5. The molecule has 3 aromatic heterocycles. The number of rotatable bonds is 4. The monoisotopic (exact) mass is 633 g/mol. The van der Waals surface area contributed by atoms with Crippen molar-refractivity contribution in [2.24, 2.45) is 0 Å². The van der Waals surface area contributed by atoms with Crippen molar-refractivity contribution >= 4 is 21.8 Å². The van der Waals surface area contributed by atoms with Crippen LogP contribution in [0.3, 0.4) is 0 Å². The van der Waals surface area contributed by atoms with Gasteiger partial charge in [0.1, 0.15) is 5.82 Å². The molecule has 0 spiro atoms. The van der Waals surface area contributed by atoms with Gasteiger partial charge in [-0.1, -0.05) is 131 Å². The van der Waals surface area contributed by atoms with Gasteiger partial charge in [-0.05, 0) is 63.4 Å². The summed E-state index contributed by atoms with van der Waals surface area (Å²) in [5, 5.41) is 2.44. The van der Waals surface area contributed by atoms with Crippen molar-refractivity contribution in [1.29, 1.82) is 0 Å². The second kappa shape index (κ2) is 10.8. The molecule has 9 rings (SSSR count). The van der Waals surface area contributed by atoms with E-state index in [1.807, 2.05) is 66.9 Å². The van der Waals surface area contributed by atoms with Crippen molar-refractivity contribution in [3.8, 4) is 51.1 Å². The normalized spacial score (nSPS) is 14.4. The van der Waals surface area contributed by atoms with Crippen molar-refractivity contribution in [3.63, 3.8) is 0 Å². The third-order valence-electron chi connectivity index (χ3n) is 10.9. The summed E-state index contributed by atoms with van der Waals surface area (Å²) < 4.78 is 2.30. The maximum atomic E-state index is 5.08. The third kappa shape index (κ3) is 4.46. The summed E-state index contributed by atoms with van der Waals surface area (Å²) in [5.74, 6) is 2.70. The summed E-state index contributed by atoms with van der Waals surface area (Å²) in [5.41, 5.74) is 10.2. The lowest BCUT2D eigenvalue weighted by atomic mass is 9.55. The maximum Gasteiger partial charge on any atom is 0.165 e. The zero-order valence-corrected chi connectivity index (χ0v) is 28.0. The third-order valence-corrected chi connectivity index (χ3v) is 10.9. The van der Waals surface area contributed by atoms with Gasteiger partial charge in [-0.15, -0.1) is 0 Å². The first-order chi connectivity index (χ1) is 23.8. The Morgan fingerprint density at radius 3 is 1.67 bits per heavy atom. The van der Waals surface area contributed by atoms with E-state index in [1.54, 1.807) is 0 Å². The molecule has 5 heteroatoms. The Balaban J connectivity index is 1.22. The molecule has 0 saturated heterocycles. The Bertz CT molecular complexity index is 2470. The van der Waals surface area contributed by atoms with Gasteiger partial charge in [-0.2, -0.15) is 0 Å². The molecule has 0 bridgehead atoms. The van der Waals surface area contributed by atoms with Gasteiger partial charge in [-0.3, -0.25) is 4.57 Å². The maximum absolute atomic E-state index is 5.08. The van der Waals surface area contributed by atoms with Crippen molar-refractivity contribution in [3.05, 3.63) is 151 Å². The summed E-state index contributed by atoms with van der Waals surface area (Å²) >= 11 is 0. The number of hydrogen-bond donors (Lipinski definition) is 0. The minimum Gasteiger partial charge on any atom is -0.294 e. The molecule has 3 heterocycles. The molecule has 1 aliphatic carbocycles. The predicted molar refractivity (Wildman–Crippen MR) is 200 cm³/mol. The quantitative estimate of drug-likeness (QED) is 0.193. The first-order valence-electron chi connectivity index (χ1n) is 16.8. The number of para-hydroxylation sites is 1. The first kappa shape index (κ1) is 29.2. The molecule has 0 fully saturated rings. The van der Waals surface area contributed by atoms with Crippen LogP contribution in [0, 0.1) is 0 Å². The number of benzene rings is 5. The summed E-state index contributed by atoms with van der Waals surface area (Å²) in [6.45, 7) is 9.52. The van der Waals surface area contributed by atoms with Crippen molar-refractivity contribution in [2.75, 3.05) is 0 Å². The molecule has 0 amide bonds. The van der Waals surface area contributed by atoms with Crippen LogP contribution < -0.4 is 0 Å². The number of fused-ring (bicyclic) bond motifs is 6. The Morgan fingerprint density at radius 2 is 1.02 bits per heavy atom. The Morgan fingerprint density at radius 1 is 0.449 bits per heavy atom. The smallest absolute Gasteiger partial charge is 0.165 e. The van der Waals surface area contributed by atoms with E-state index in [9.17, 15) is 0 Å². The molecule has 0 radical (unpaired) electrons. The Hall–Kier alpha value is -5.94. The van der Waals surface area contributed by atoms with E-state index < -0.39 is 0 Å². The van der Waals surface area contributed by atoms with E-state index in [2.05, 4.69) is 105 Å². The Labute approximate surface area is 286 Å². The van der Waals surface area contributed by atoms with Gasteiger partial charge in [0.25, 0.3) is 0 Å². The second-order valence-corrected chi connectivity index (χ2v) is 14.0. The van der Waals surface area contributed by atoms with Crippen LogP contribution in [0.15, 0.2) is 140 Å². The average molecular weight is 634 g/mol. The lowest BCUT2D eigenvalue weighted by molar-refractivity contribution is 0.299. The SMILES string of the molecule is CC1(C)c2ccccc2-c2cc3c4ccccc4n(-c4ccc(-c5nc(-c6ccccc6)nc(-c6ccccc6)n5)cn4)c3cc2C1(C)C. The van der Waals surface area contributed by atoms with Gasteiger partial charge in [0.2, 0.25) is 0 Å². The van der Waals surface area contributed by atoms with Gasteiger partial charge in [-0.25, -0.2) is 19.9 Å². The highest BCUT2D eigenvalue weighted by Crippen LogP contribution is 2.55. The van der Waals surface area contributed by atoms with E-state index in [0.717, 1.165) is 33.5 Å². The zero-order chi connectivity index (χ0) is 33.3. The van der Waals surface area contributed by atoms with E-state index in [4.69, 9.17) is 19.9 Å². The Kier molecular flexibility index (Phi) is 6.44. The van der Waals surface area contributed by atoms with Crippen LogP contribution in [0.4, 0.5) is 0 Å². The minimum atomic E-state index is -0.102. The van der Waals surface area contributed by atoms with Gasteiger partial charge in [0.05, 0.1) is 11.0 Å². The van der Waals surface area contributed by atoms with E-state index in [1.165, 1.54) is 33.0 Å². The van der Waals surface area contributed by atoms with Crippen LogP contribution >= 0.6 is 0 Å². The van der Waals surface area contributed by atoms with Crippen LogP contribution in [-0.2, 0) is 10.8 Å². The summed E-state index contributed by atoms with van der Waals surface area (Å²) in [6.07, 6.45) is 1.89. The number of hydrogen-bond acceptors (Lipinski definition) is 4. The van der Waals surface area contributed by atoms with Crippen molar-refractivity contribution in [2.45, 2.75) is 38.5 Å². The largest absolute Gasteiger partial charge is 0.294 e. The molecule has 49 heavy (non-hydrogen) atoms. The predicted octanol–water partition coefficient (Wildman–Crippen LogP) is 10.6. The molecular formula is C44H35N5. The average Bonchev–Trinajstić information content (AvgIpc) is 3.48. The minimum absolute atomic E-state index is 0.0528. The van der Waals surface area contributed by atoms with Gasteiger partial charge in [0, 0.05) is 33.7 Å². The highest BCUT2D eigenvalue weighted by Gasteiger charge is 2.46. The van der Waals surface area contributed by atoms with E-state index in [-0.39, 0.29) is 10.8 Å². The molecule has 236 valence electrons. The second-order valence-electron chi connectivity index (χ2n) is 14.0. The fourth-order valence-corrected chi connectivity index (χ4v) is 7.53. The highest BCUT2D eigenvalue weighted by molar-refractivity contribution is 6.11.